The summed E-state index contributed by atoms with van der Waals surface area (Å²) in [6, 6.07) is 13.5. The lowest BCUT2D eigenvalue weighted by Gasteiger charge is -2.37. The summed E-state index contributed by atoms with van der Waals surface area (Å²) in [4.78, 5) is 13.1. The number of hydrogen-bond acceptors (Lipinski definition) is 4. The van der Waals surface area contributed by atoms with Crippen LogP contribution in [0.1, 0.15) is 83.0 Å². The normalized spacial score (nSPS) is 11.9. The van der Waals surface area contributed by atoms with Crippen LogP contribution in [0.2, 0.25) is 0 Å². The topological polar surface area (TPSA) is 84.5 Å². The summed E-state index contributed by atoms with van der Waals surface area (Å²) in [6.45, 7) is 13.5. The Kier molecular flexibility index (Phi) is 13.8. The number of likely N-dealkylation sites (N-methyl/N-ethyl adjacent to an activating group) is 1. The zero-order valence-corrected chi connectivity index (χ0v) is 24.6. The summed E-state index contributed by atoms with van der Waals surface area (Å²) in [7, 11) is -3.64. The molecule has 0 spiro atoms. The molecule has 8 heteroatoms. The molecule has 0 heterocycles. The molecule has 0 radical (unpaired) electrons. The Morgan fingerprint density at radius 2 is 1.47 bits per heavy atom. The molecule has 7 nitrogen and oxygen atoms in total. The quantitative estimate of drug-likeness (QED) is 0.162. The zero-order valence-electron chi connectivity index (χ0n) is 23.8. The Morgan fingerprint density at radius 3 is 2.13 bits per heavy atom. The van der Waals surface area contributed by atoms with Crippen LogP contribution >= 0.6 is 0 Å². The van der Waals surface area contributed by atoms with Gasteiger partial charge < -0.3 is 14.5 Å². The molecule has 2 aromatic rings. The van der Waals surface area contributed by atoms with E-state index in [1.165, 1.54) is 31.4 Å². The lowest BCUT2D eigenvalue weighted by Crippen LogP contribution is -2.52. The third-order valence-corrected chi connectivity index (χ3v) is 8.74. The number of nitrogens with zero attached hydrogens (tertiary/aromatic N) is 1. The summed E-state index contributed by atoms with van der Waals surface area (Å²) in [6.07, 6.45) is 7.96. The standard InChI is InChI=1S/C30H47N3O4S/c1-5-9-11-12-15-25-37-29-17-14-13-16-28(29)30(34)32-26-18-20-27(21-19-26)38(35,36)31-22-24-33(7-3,8-4)23-10-6-2/h13-14,16-21,31H,5-12,15,22-25H2,1-4H3/p+1. The summed E-state index contributed by atoms with van der Waals surface area (Å²) in [5.74, 6) is 0.261. The number of carbonyl (C=O) groups excluding carboxylic acids is 1. The number of benzene rings is 2. The zero-order chi connectivity index (χ0) is 27.9. The van der Waals surface area contributed by atoms with E-state index in [4.69, 9.17) is 4.74 Å². The van der Waals surface area contributed by atoms with E-state index in [1.807, 2.05) is 6.07 Å². The van der Waals surface area contributed by atoms with Crippen molar-refractivity contribution in [2.45, 2.75) is 77.5 Å². The van der Waals surface area contributed by atoms with Crippen LogP contribution in [-0.2, 0) is 10.0 Å². The molecule has 0 aromatic heterocycles. The smallest absolute Gasteiger partial charge is 0.259 e. The average Bonchev–Trinajstić information content (AvgIpc) is 2.93. The number of anilines is 1. The molecule has 0 saturated heterocycles. The van der Waals surface area contributed by atoms with Crippen LogP contribution in [0.25, 0.3) is 0 Å². The first kappa shape index (κ1) is 31.8. The van der Waals surface area contributed by atoms with Gasteiger partial charge in [0.25, 0.3) is 5.91 Å². The number of hydrogen-bond donors (Lipinski definition) is 2. The van der Waals surface area contributed by atoms with Gasteiger partial charge in [-0.25, -0.2) is 13.1 Å². The van der Waals surface area contributed by atoms with Crippen LogP contribution in [0.4, 0.5) is 5.69 Å². The maximum Gasteiger partial charge on any atom is 0.259 e. The largest absolute Gasteiger partial charge is 0.493 e. The van der Waals surface area contributed by atoms with Gasteiger partial charge >= 0.3 is 0 Å². The van der Waals surface area contributed by atoms with E-state index in [1.54, 1.807) is 30.3 Å². The van der Waals surface area contributed by atoms with Gasteiger partial charge in [0.15, 0.2) is 0 Å². The molecule has 0 aliphatic rings. The molecule has 0 aliphatic heterocycles. The molecule has 0 aliphatic carbocycles. The SMILES string of the molecule is CCCCCCCOc1ccccc1C(=O)Nc1ccc(S(=O)(=O)NCC[N+](CC)(CC)CCCC)cc1. The van der Waals surface area contributed by atoms with Crippen molar-refractivity contribution in [3.05, 3.63) is 54.1 Å². The second-order valence-electron chi connectivity index (χ2n) is 9.91. The maximum absolute atomic E-state index is 12.9. The predicted molar refractivity (Wildman–Crippen MR) is 156 cm³/mol. The molecular weight excluding hydrogens is 498 g/mol. The molecule has 2 N–H and O–H groups in total. The van der Waals surface area contributed by atoms with E-state index in [9.17, 15) is 13.2 Å². The number of quaternary nitrogens is 1. The fourth-order valence-corrected chi connectivity index (χ4v) is 5.57. The average molecular weight is 547 g/mol. The Hall–Kier alpha value is -2.42. The molecular formula is C30H48N3O4S+. The van der Waals surface area contributed by atoms with E-state index < -0.39 is 10.0 Å². The molecule has 212 valence electrons. The van der Waals surface area contributed by atoms with Crippen molar-refractivity contribution in [2.75, 3.05) is 44.6 Å². The van der Waals surface area contributed by atoms with E-state index >= 15 is 0 Å². The van der Waals surface area contributed by atoms with E-state index in [0.717, 1.165) is 56.3 Å². The van der Waals surface area contributed by atoms with E-state index in [0.29, 0.717) is 30.2 Å². The Bertz CT molecular complexity index is 1070. The highest BCUT2D eigenvalue weighted by Crippen LogP contribution is 2.21. The minimum absolute atomic E-state index is 0.182. The first-order valence-corrected chi connectivity index (χ1v) is 15.8. The van der Waals surface area contributed by atoms with Crippen LogP contribution < -0.4 is 14.8 Å². The Balaban J connectivity index is 1.95. The van der Waals surface area contributed by atoms with Crippen molar-refractivity contribution in [3.63, 3.8) is 0 Å². The summed E-state index contributed by atoms with van der Waals surface area (Å²) < 4.78 is 35.3. The molecule has 0 atom stereocenters. The molecule has 0 unspecified atom stereocenters. The highest BCUT2D eigenvalue weighted by atomic mass is 32.2. The van der Waals surface area contributed by atoms with Gasteiger partial charge in [-0.05, 0) is 63.1 Å². The number of nitrogens with one attached hydrogen (secondary N) is 2. The molecule has 0 bridgehead atoms. The fourth-order valence-electron chi connectivity index (χ4n) is 4.55. The van der Waals surface area contributed by atoms with Crippen molar-refractivity contribution in [1.82, 2.24) is 4.72 Å². The molecule has 0 saturated carbocycles. The summed E-state index contributed by atoms with van der Waals surface area (Å²) >= 11 is 0. The first-order chi connectivity index (χ1) is 18.3. The first-order valence-electron chi connectivity index (χ1n) is 14.3. The van der Waals surface area contributed by atoms with Crippen LogP contribution in [0.15, 0.2) is 53.4 Å². The highest BCUT2D eigenvalue weighted by Gasteiger charge is 2.23. The van der Waals surface area contributed by atoms with Gasteiger partial charge in [-0.15, -0.1) is 0 Å². The molecule has 38 heavy (non-hydrogen) atoms. The minimum Gasteiger partial charge on any atom is -0.493 e. The van der Waals surface area contributed by atoms with Gasteiger partial charge in [-0.1, -0.05) is 58.1 Å². The maximum atomic E-state index is 12.9. The molecule has 2 aromatic carbocycles. The van der Waals surface area contributed by atoms with Crippen molar-refractivity contribution in [3.8, 4) is 5.75 Å². The van der Waals surface area contributed by atoms with E-state index in [2.05, 4.69) is 37.7 Å². The summed E-state index contributed by atoms with van der Waals surface area (Å²) in [5, 5.41) is 2.86. The lowest BCUT2D eigenvalue weighted by atomic mass is 10.1. The second kappa shape index (κ2) is 16.5. The van der Waals surface area contributed by atoms with Gasteiger partial charge in [-0.2, -0.15) is 0 Å². The summed E-state index contributed by atoms with van der Waals surface area (Å²) in [5.41, 5.74) is 0.978. The molecule has 0 fully saturated rings. The number of carbonyl (C=O) groups is 1. The number of unbranched alkanes of at least 4 members (excludes halogenated alkanes) is 5. The van der Waals surface area contributed by atoms with Crippen LogP contribution in [0.3, 0.4) is 0 Å². The van der Waals surface area contributed by atoms with Gasteiger partial charge in [0.2, 0.25) is 10.0 Å². The predicted octanol–water partition coefficient (Wildman–Crippen LogP) is 6.22. The number of para-hydroxylation sites is 1. The van der Waals surface area contributed by atoms with Crippen molar-refractivity contribution < 1.29 is 22.4 Å². The van der Waals surface area contributed by atoms with Crippen LogP contribution in [0.5, 0.6) is 5.75 Å². The molecule has 2 rings (SSSR count). The fraction of sp³-hybridized carbons (Fsp3) is 0.567. The van der Waals surface area contributed by atoms with Gasteiger partial charge in [-0.3, -0.25) is 4.79 Å². The van der Waals surface area contributed by atoms with Crippen molar-refractivity contribution >= 4 is 21.6 Å². The van der Waals surface area contributed by atoms with Crippen LogP contribution in [0, 0.1) is 0 Å². The Labute approximate surface area is 230 Å². The highest BCUT2D eigenvalue weighted by molar-refractivity contribution is 7.89. The number of sulfonamides is 1. The van der Waals surface area contributed by atoms with Gasteiger partial charge in [0.1, 0.15) is 5.75 Å². The van der Waals surface area contributed by atoms with Gasteiger partial charge in [0.05, 0.1) is 49.8 Å². The lowest BCUT2D eigenvalue weighted by molar-refractivity contribution is -0.923. The minimum atomic E-state index is -3.64. The van der Waals surface area contributed by atoms with Crippen LogP contribution in [-0.4, -0.2) is 58.1 Å². The Morgan fingerprint density at radius 1 is 0.816 bits per heavy atom. The van der Waals surface area contributed by atoms with E-state index in [-0.39, 0.29) is 10.8 Å². The van der Waals surface area contributed by atoms with Crippen molar-refractivity contribution in [1.29, 1.82) is 0 Å². The van der Waals surface area contributed by atoms with Crippen molar-refractivity contribution in [2.24, 2.45) is 0 Å². The second-order valence-corrected chi connectivity index (χ2v) is 11.7. The number of amides is 1. The third kappa shape index (κ3) is 10.0. The monoisotopic (exact) mass is 546 g/mol. The number of ether oxygens (including phenoxy) is 1. The number of rotatable bonds is 19. The molecule has 1 amide bonds. The van der Waals surface area contributed by atoms with Gasteiger partial charge in [0, 0.05) is 5.69 Å². The third-order valence-electron chi connectivity index (χ3n) is 7.27.